The number of carboxylic acids is 1. The van der Waals surface area contributed by atoms with E-state index in [9.17, 15) is 14.4 Å². The standard InChI is InChI=1S/C11H13NO5S/c1-2-17-9(14)4-3-8(13)12-10-7(11(15)16)5-6-18-10/h5-6H,2-4H2,1H3,(H,12,13)(H,15,16). The lowest BCUT2D eigenvalue weighted by molar-refractivity contribution is -0.144. The number of nitrogens with one attached hydrogen (secondary N) is 1. The second kappa shape index (κ2) is 6.75. The summed E-state index contributed by atoms with van der Waals surface area (Å²) < 4.78 is 4.68. The zero-order chi connectivity index (χ0) is 13.5. The Bertz CT molecular complexity index is 454. The van der Waals surface area contributed by atoms with E-state index in [0.717, 1.165) is 11.3 Å². The van der Waals surface area contributed by atoms with Gasteiger partial charge in [-0.25, -0.2) is 4.79 Å². The fourth-order valence-electron chi connectivity index (χ4n) is 1.21. The van der Waals surface area contributed by atoms with Crippen LogP contribution in [0.1, 0.15) is 30.1 Å². The first-order chi connectivity index (χ1) is 8.54. The molecule has 0 atom stereocenters. The van der Waals surface area contributed by atoms with Crippen molar-refractivity contribution in [2.24, 2.45) is 0 Å². The molecule has 0 bridgehead atoms. The van der Waals surface area contributed by atoms with Crippen molar-refractivity contribution < 1.29 is 24.2 Å². The minimum atomic E-state index is -1.10. The highest BCUT2D eigenvalue weighted by Gasteiger charge is 2.14. The number of thiophene rings is 1. The first kappa shape index (κ1) is 14.2. The van der Waals surface area contributed by atoms with Crippen LogP contribution >= 0.6 is 11.3 Å². The third-order valence-electron chi connectivity index (χ3n) is 2.01. The number of anilines is 1. The van der Waals surface area contributed by atoms with Crippen molar-refractivity contribution in [2.45, 2.75) is 19.8 Å². The number of aromatic carboxylic acids is 1. The van der Waals surface area contributed by atoms with Crippen LogP contribution in [-0.2, 0) is 14.3 Å². The highest BCUT2D eigenvalue weighted by molar-refractivity contribution is 7.14. The van der Waals surface area contributed by atoms with Gasteiger partial charge in [0.15, 0.2) is 0 Å². The Kier molecular flexibility index (Phi) is 5.31. The molecule has 0 aromatic carbocycles. The zero-order valence-corrected chi connectivity index (χ0v) is 10.6. The van der Waals surface area contributed by atoms with Gasteiger partial charge in [0, 0.05) is 6.42 Å². The number of esters is 1. The molecule has 1 heterocycles. The van der Waals surface area contributed by atoms with E-state index in [4.69, 9.17) is 5.11 Å². The van der Waals surface area contributed by atoms with Gasteiger partial charge in [-0.3, -0.25) is 9.59 Å². The van der Waals surface area contributed by atoms with Gasteiger partial charge < -0.3 is 15.2 Å². The van der Waals surface area contributed by atoms with Gasteiger partial charge in [-0.15, -0.1) is 11.3 Å². The van der Waals surface area contributed by atoms with Gasteiger partial charge in [0.25, 0.3) is 0 Å². The van der Waals surface area contributed by atoms with E-state index in [0.29, 0.717) is 0 Å². The number of carbonyl (C=O) groups excluding carboxylic acids is 2. The molecule has 2 N–H and O–H groups in total. The lowest BCUT2D eigenvalue weighted by atomic mass is 10.3. The van der Waals surface area contributed by atoms with Crippen molar-refractivity contribution in [1.82, 2.24) is 0 Å². The number of carbonyl (C=O) groups is 3. The van der Waals surface area contributed by atoms with Crippen LogP contribution in [0.25, 0.3) is 0 Å². The lowest BCUT2D eigenvalue weighted by Crippen LogP contribution is -2.15. The molecule has 0 saturated carbocycles. The minimum Gasteiger partial charge on any atom is -0.478 e. The quantitative estimate of drug-likeness (QED) is 0.768. The normalized spacial score (nSPS) is 9.83. The largest absolute Gasteiger partial charge is 0.478 e. The van der Waals surface area contributed by atoms with E-state index in [1.165, 1.54) is 6.07 Å². The maximum absolute atomic E-state index is 11.5. The second-order valence-electron chi connectivity index (χ2n) is 3.32. The molecule has 1 aromatic rings. The van der Waals surface area contributed by atoms with Crippen molar-refractivity contribution in [1.29, 1.82) is 0 Å². The number of ether oxygens (including phenoxy) is 1. The summed E-state index contributed by atoms with van der Waals surface area (Å²) >= 11 is 1.12. The van der Waals surface area contributed by atoms with E-state index in [1.807, 2.05) is 0 Å². The highest BCUT2D eigenvalue weighted by Crippen LogP contribution is 2.23. The predicted molar refractivity (Wildman–Crippen MR) is 65.8 cm³/mol. The van der Waals surface area contributed by atoms with E-state index in [1.54, 1.807) is 12.3 Å². The van der Waals surface area contributed by atoms with E-state index in [2.05, 4.69) is 10.1 Å². The van der Waals surface area contributed by atoms with Crippen LogP contribution in [0.15, 0.2) is 11.4 Å². The van der Waals surface area contributed by atoms with Crippen LogP contribution < -0.4 is 5.32 Å². The zero-order valence-electron chi connectivity index (χ0n) is 9.76. The van der Waals surface area contributed by atoms with Gasteiger partial charge in [-0.2, -0.15) is 0 Å². The molecule has 0 aliphatic heterocycles. The highest BCUT2D eigenvalue weighted by atomic mass is 32.1. The minimum absolute atomic E-state index is 0.0204. The Labute approximate surface area is 108 Å². The SMILES string of the molecule is CCOC(=O)CCC(=O)Nc1sccc1C(=O)O. The van der Waals surface area contributed by atoms with Gasteiger partial charge in [0.05, 0.1) is 18.6 Å². The summed E-state index contributed by atoms with van der Waals surface area (Å²) in [4.78, 5) is 33.3. The molecule has 0 aliphatic carbocycles. The van der Waals surface area contributed by atoms with Crippen LogP contribution in [0.3, 0.4) is 0 Å². The van der Waals surface area contributed by atoms with Crippen molar-refractivity contribution in [3.05, 3.63) is 17.0 Å². The van der Waals surface area contributed by atoms with Crippen LogP contribution in [0.2, 0.25) is 0 Å². The molecule has 0 unspecified atom stereocenters. The molecule has 0 saturated heterocycles. The van der Waals surface area contributed by atoms with Crippen LogP contribution in [-0.4, -0.2) is 29.6 Å². The molecule has 7 heteroatoms. The summed E-state index contributed by atoms with van der Waals surface area (Å²) in [5.41, 5.74) is 0.0458. The van der Waals surface area contributed by atoms with E-state index >= 15 is 0 Å². The third-order valence-corrected chi connectivity index (χ3v) is 2.84. The summed E-state index contributed by atoms with van der Waals surface area (Å²) in [6, 6.07) is 1.41. The second-order valence-corrected chi connectivity index (χ2v) is 4.24. The Hall–Kier alpha value is -1.89. The number of hydrogen-bond acceptors (Lipinski definition) is 5. The molecule has 0 aliphatic rings. The summed E-state index contributed by atoms with van der Waals surface area (Å²) in [7, 11) is 0. The van der Waals surface area contributed by atoms with Crippen molar-refractivity contribution in [3.8, 4) is 0 Å². The Morgan fingerprint density at radius 3 is 2.72 bits per heavy atom. The lowest BCUT2D eigenvalue weighted by Gasteiger charge is -2.04. The Morgan fingerprint density at radius 1 is 1.39 bits per heavy atom. The van der Waals surface area contributed by atoms with Crippen LogP contribution in [0, 0.1) is 0 Å². The predicted octanol–water partition coefficient (Wildman–Crippen LogP) is 1.73. The first-order valence-electron chi connectivity index (χ1n) is 5.30. The van der Waals surface area contributed by atoms with Gasteiger partial charge in [0.1, 0.15) is 5.00 Å². The molecular formula is C11H13NO5S. The van der Waals surface area contributed by atoms with E-state index in [-0.39, 0.29) is 30.0 Å². The number of amides is 1. The molecular weight excluding hydrogens is 258 g/mol. The van der Waals surface area contributed by atoms with Gasteiger partial charge in [-0.1, -0.05) is 0 Å². The van der Waals surface area contributed by atoms with Gasteiger partial charge in [-0.05, 0) is 18.4 Å². The fraction of sp³-hybridized carbons (Fsp3) is 0.364. The van der Waals surface area contributed by atoms with Crippen molar-refractivity contribution >= 4 is 34.2 Å². The third kappa shape index (κ3) is 4.17. The maximum Gasteiger partial charge on any atom is 0.338 e. The van der Waals surface area contributed by atoms with Crippen LogP contribution in [0.4, 0.5) is 5.00 Å². The number of hydrogen-bond donors (Lipinski definition) is 2. The molecule has 98 valence electrons. The molecule has 0 radical (unpaired) electrons. The van der Waals surface area contributed by atoms with Crippen molar-refractivity contribution in [2.75, 3.05) is 11.9 Å². The fourth-order valence-corrected chi connectivity index (χ4v) is 2.01. The monoisotopic (exact) mass is 271 g/mol. The number of rotatable bonds is 6. The summed E-state index contributed by atoms with van der Waals surface area (Å²) in [6.07, 6.45) is -0.0523. The molecule has 18 heavy (non-hydrogen) atoms. The maximum atomic E-state index is 11.5. The van der Waals surface area contributed by atoms with Gasteiger partial charge >= 0.3 is 11.9 Å². The molecule has 1 rings (SSSR count). The topological polar surface area (TPSA) is 92.7 Å². The Morgan fingerprint density at radius 2 is 2.11 bits per heavy atom. The average Bonchev–Trinajstić information content (AvgIpc) is 2.75. The molecule has 1 amide bonds. The smallest absolute Gasteiger partial charge is 0.338 e. The first-order valence-corrected chi connectivity index (χ1v) is 6.18. The summed E-state index contributed by atoms with van der Waals surface area (Å²) in [6.45, 7) is 1.96. The molecule has 6 nitrogen and oxygen atoms in total. The summed E-state index contributed by atoms with van der Waals surface area (Å²) in [5.74, 6) is -1.96. The van der Waals surface area contributed by atoms with E-state index < -0.39 is 17.8 Å². The van der Waals surface area contributed by atoms with Crippen molar-refractivity contribution in [3.63, 3.8) is 0 Å². The number of carboxylic acid groups (broad SMARTS) is 1. The van der Waals surface area contributed by atoms with Gasteiger partial charge in [0.2, 0.25) is 5.91 Å². The molecule has 0 fully saturated rings. The molecule has 1 aromatic heterocycles. The summed E-state index contributed by atoms with van der Waals surface area (Å²) in [5, 5.41) is 13.1. The molecule has 0 spiro atoms. The average molecular weight is 271 g/mol. The Balaban J connectivity index is 2.47. The van der Waals surface area contributed by atoms with Crippen LogP contribution in [0.5, 0.6) is 0 Å².